The number of hydrogen-bond donors (Lipinski definition) is 7. The first-order valence-electron chi connectivity index (χ1n) is 15.2. The molecule has 0 fully saturated rings. The van der Waals surface area contributed by atoms with E-state index in [-0.39, 0.29) is 42.0 Å². The number of aromatic amines is 2. The Morgan fingerprint density at radius 2 is 1.27 bits per heavy atom. The number of carboxylic acid groups (broad SMARTS) is 2. The monoisotopic (exact) mass is 624 g/mol. The van der Waals surface area contributed by atoms with Crippen LogP contribution in [-0.2, 0) is 51.3 Å². The van der Waals surface area contributed by atoms with Crippen molar-refractivity contribution in [2.75, 3.05) is 0 Å². The van der Waals surface area contributed by atoms with Gasteiger partial charge in [-0.2, -0.15) is 12.6 Å². The van der Waals surface area contributed by atoms with Gasteiger partial charge in [-0.05, 0) is 87.3 Å². The Bertz CT molecular complexity index is 1560. The first kappa shape index (κ1) is 33.2. The molecule has 10 nitrogen and oxygen atoms in total. The summed E-state index contributed by atoms with van der Waals surface area (Å²) in [6, 6.07) is -0.356. The van der Waals surface area contributed by atoms with Crippen LogP contribution < -0.4 is 10.6 Å². The smallest absolute Gasteiger partial charge is 0.303 e. The molecule has 2 aliphatic rings. The van der Waals surface area contributed by atoms with E-state index in [4.69, 9.17) is 0 Å². The largest absolute Gasteiger partial charge is 0.481 e. The van der Waals surface area contributed by atoms with Crippen molar-refractivity contribution in [3.05, 3.63) is 67.3 Å². The molecule has 0 saturated carbocycles. The second kappa shape index (κ2) is 13.5. The zero-order chi connectivity index (χ0) is 32.5. The summed E-state index contributed by atoms with van der Waals surface area (Å²) in [6.07, 6.45) is 2.80. The lowest BCUT2D eigenvalue weighted by molar-refractivity contribution is -0.138. The topological polar surface area (TPSA) is 164 Å². The molecule has 2 aromatic rings. The fourth-order valence-electron chi connectivity index (χ4n) is 6.84. The van der Waals surface area contributed by atoms with Crippen molar-refractivity contribution in [2.24, 2.45) is 0 Å². The number of thiol groups is 1. The van der Waals surface area contributed by atoms with Crippen LogP contribution >= 0.6 is 12.6 Å². The average molecular weight is 625 g/mol. The van der Waals surface area contributed by atoms with Gasteiger partial charge in [0.05, 0.1) is 12.1 Å². The lowest BCUT2D eigenvalue weighted by atomic mass is 9.95. The van der Waals surface area contributed by atoms with Crippen LogP contribution in [0.2, 0.25) is 0 Å². The van der Waals surface area contributed by atoms with E-state index in [0.29, 0.717) is 44.1 Å². The van der Waals surface area contributed by atoms with Gasteiger partial charge in [0, 0.05) is 71.3 Å². The minimum atomic E-state index is -0.889. The van der Waals surface area contributed by atoms with E-state index in [1.165, 1.54) is 0 Å². The average Bonchev–Trinajstić information content (AvgIpc) is 3.59. The molecule has 4 rings (SSSR count). The summed E-state index contributed by atoms with van der Waals surface area (Å²) < 4.78 is 0. The van der Waals surface area contributed by atoms with E-state index in [0.717, 1.165) is 61.7 Å². The van der Waals surface area contributed by atoms with Crippen molar-refractivity contribution in [1.29, 1.82) is 0 Å². The minimum Gasteiger partial charge on any atom is -0.481 e. The Labute approximate surface area is 263 Å². The predicted molar refractivity (Wildman–Crippen MR) is 171 cm³/mol. The predicted octanol–water partition coefficient (Wildman–Crippen LogP) is 4.03. The molecule has 2 aromatic heterocycles. The molecule has 0 bridgehead atoms. The second-order valence-corrected chi connectivity index (χ2v) is 12.8. The zero-order valence-corrected chi connectivity index (χ0v) is 27.3. The van der Waals surface area contributed by atoms with Crippen molar-refractivity contribution in [2.45, 2.75) is 110 Å². The molecule has 0 radical (unpaired) electrons. The Kier molecular flexibility index (Phi) is 10.2. The van der Waals surface area contributed by atoms with Gasteiger partial charge in [-0.25, -0.2) is 0 Å². The minimum absolute atomic E-state index is 0.0250. The number of aliphatic carboxylic acids is 2. The summed E-state index contributed by atoms with van der Waals surface area (Å²) in [7, 11) is 0. The van der Waals surface area contributed by atoms with Gasteiger partial charge >= 0.3 is 11.9 Å². The summed E-state index contributed by atoms with van der Waals surface area (Å²) in [5, 5.41) is 25.0. The normalized spacial score (nSPS) is 19.2. The van der Waals surface area contributed by atoms with Crippen LogP contribution in [0.4, 0.5) is 0 Å². The van der Waals surface area contributed by atoms with Crippen LogP contribution in [0.5, 0.6) is 0 Å². The van der Waals surface area contributed by atoms with Gasteiger partial charge in [-0.15, -0.1) is 0 Å². The number of H-pyrrole nitrogens is 2. The summed E-state index contributed by atoms with van der Waals surface area (Å²) >= 11 is 4.61. The van der Waals surface area contributed by atoms with Crippen LogP contribution in [0.15, 0.2) is 22.3 Å². The molecule has 0 spiro atoms. The quantitative estimate of drug-likeness (QED) is 0.157. The van der Waals surface area contributed by atoms with E-state index in [1.54, 1.807) is 0 Å². The molecule has 238 valence electrons. The van der Waals surface area contributed by atoms with Crippen molar-refractivity contribution in [1.82, 2.24) is 20.6 Å². The van der Waals surface area contributed by atoms with Gasteiger partial charge in [0.15, 0.2) is 0 Å². The molecule has 0 unspecified atom stereocenters. The van der Waals surface area contributed by atoms with E-state index in [9.17, 15) is 29.4 Å². The van der Waals surface area contributed by atoms with Crippen LogP contribution in [-0.4, -0.2) is 61.3 Å². The van der Waals surface area contributed by atoms with Gasteiger partial charge in [0.2, 0.25) is 11.8 Å². The van der Waals surface area contributed by atoms with Crippen LogP contribution in [0.25, 0.3) is 0 Å². The number of carbonyl (C=O) groups is 4. The van der Waals surface area contributed by atoms with Crippen LogP contribution in [0, 0.1) is 13.8 Å². The molecule has 2 aliphatic heterocycles. The first-order chi connectivity index (χ1) is 20.7. The number of aromatic nitrogens is 2. The van der Waals surface area contributed by atoms with Gasteiger partial charge in [0.25, 0.3) is 0 Å². The molecule has 3 atom stereocenters. The van der Waals surface area contributed by atoms with Crippen LogP contribution in [0.3, 0.4) is 0 Å². The Balaban J connectivity index is 1.71. The molecule has 0 aromatic carbocycles. The van der Waals surface area contributed by atoms with E-state index >= 15 is 0 Å². The summed E-state index contributed by atoms with van der Waals surface area (Å²) in [5.74, 6) is -1.92. The van der Waals surface area contributed by atoms with Crippen molar-refractivity contribution in [3.63, 3.8) is 0 Å². The molecule has 44 heavy (non-hydrogen) atoms. The molecule has 0 aliphatic carbocycles. The van der Waals surface area contributed by atoms with Gasteiger partial charge < -0.3 is 30.8 Å². The van der Waals surface area contributed by atoms with Crippen molar-refractivity contribution >= 4 is 36.4 Å². The molecule has 11 heteroatoms. The molecule has 2 amide bonds. The fraction of sp³-hybridized carbons (Fsp3) is 0.515. The lowest BCUT2D eigenvalue weighted by Gasteiger charge is -2.18. The van der Waals surface area contributed by atoms with E-state index in [2.05, 4.69) is 33.2 Å². The van der Waals surface area contributed by atoms with E-state index < -0.39 is 11.9 Å². The first-order valence-corrected chi connectivity index (χ1v) is 15.8. The standard InChI is InChI=1S/C33H44N4O6S/c1-7-20-15(2)25(36-33(20)43)12-23-16(3)21(8-10-29(38)39)26(34-23)14-27-22(9-11-30(40)41)17(4)24(35-27)13-28-31(19(6)44)18(5)32(42)37-28/h19,25,28,34-35,44H,7-14H2,1-6H3,(H,36,43)(H,37,42)(H,38,39)(H,40,41)/t19-,25+,28-/m0/s1. The van der Waals surface area contributed by atoms with Gasteiger partial charge in [-0.1, -0.05) is 6.92 Å². The lowest BCUT2D eigenvalue weighted by Crippen LogP contribution is -2.32. The van der Waals surface area contributed by atoms with Gasteiger partial charge in [0.1, 0.15) is 0 Å². The highest BCUT2D eigenvalue weighted by atomic mass is 32.1. The Hall–Kier alpha value is -3.73. The number of hydrogen-bond acceptors (Lipinski definition) is 5. The highest BCUT2D eigenvalue weighted by Crippen LogP contribution is 2.32. The maximum absolute atomic E-state index is 12.5. The third-order valence-corrected chi connectivity index (χ3v) is 9.60. The molecule has 6 N–H and O–H groups in total. The highest BCUT2D eigenvalue weighted by molar-refractivity contribution is 7.81. The second-order valence-electron chi connectivity index (χ2n) is 12.1. The van der Waals surface area contributed by atoms with E-state index in [1.807, 2.05) is 41.5 Å². The molecule has 4 heterocycles. The van der Waals surface area contributed by atoms with Crippen molar-refractivity contribution < 1.29 is 29.4 Å². The Morgan fingerprint density at radius 1 is 0.795 bits per heavy atom. The maximum Gasteiger partial charge on any atom is 0.303 e. The molecular formula is C33H44N4O6S. The molecular weight excluding hydrogens is 580 g/mol. The third kappa shape index (κ3) is 6.82. The number of amides is 2. The molecule has 0 saturated heterocycles. The van der Waals surface area contributed by atoms with Crippen molar-refractivity contribution in [3.8, 4) is 0 Å². The highest BCUT2D eigenvalue weighted by Gasteiger charge is 2.33. The Morgan fingerprint density at radius 3 is 1.70 bits per heavy atom. The van der Waals surface area contributed by atoms with Gasteiger partial charge in [-0.3, -0.25) is 19.2 Å². The van der Waals surface area contributed by atoms with Crippen LogP contribution in [0.1, 0.15) is 92.0 Å². The summed E-state index contributed by atoms with van der Waals surface area (Å²) in [4.78, 5) is 55.2. The third-order valence-electron chi connectivity index (χ3n) is 9.33. The zero-order valence-electron chi connectivity index (χ0n) is 26.4. The summed E-state index contributed by atoms with van der Waals surface area (Å²) in [6.45, 7) is 11.7. The number of rotatable bonds is 14. The fourth-order valence-corrected chi connectivity index (χ4v) is 7.22. The maximum atomic E-state index is 12.5. The number of carboxylic acids is 2. The number of nitrogens with one attached hydrogen (secondary N) is 4. The number of carbonyl (C=O) groups excluding carboxylic acids is 2. The summed E-state index contributed by atoms with van der Waals surface area (Å²) in [5.41, 5.74) is 10.9. The SMILES string of the molecule is CCC1=C(C)[C@@H](Cc2[nH]c(Cc3[nH]c(C[C@@H]4NC(=O)C(C)=C4[C@H](C)S)c(C)c3CCC(=O)O)c(CCC(=O)O)c2C)NC1=O.